The molecule has 168 valence electrons. The van der Waals surface area contributed by atoms with Crippen LogP contribution in [0.3, 0.4) is 0 Å². The number of rotatable bonds is 8. The predicted molar refractivity (Wildman–Crippen MR) is 120 cm³/mol. The van der Waals surface area contributed by atoms with Crippen molar-refractivity contribution in [1.82, 2.24) is 9.88 Å². The fourth-order valence-corrected chi connectivity index (χ4v) is 6.80. The normalized spacial score (nSPS) is 18.4. The van der Waals surface area contributed by atoms with Gasteiger partial charge in [-0.3, -0.25) is 4.79 Å². The maximum Gasteiger partial charge on any atom is 0.358 e. The number of nitrogens with zero attached hydrogens (tertiary/aromatic N) is 2. The second-order valence-corrected chi connectivity index (χ2v) is 11.7. The molecule has 0 unspecified atom stereocenters. The summed E-state index contributed by atoms with van der Waals surface area (Å²) >= 11 is 1.41. The highest BCUT2D eigenvalue weighted by atomic mass is 33.1. The van der Waals surface area contributed by atoms with Crippen LogP contribution in [0.4, 0.5) is 0 Å². The van der Waals surface area contributed by atoms with Gasteiger partial charge in [0.1, 0.15) is 22.1 Å². The average molecular weight is 505 g/mol. The lowest BCUT2D eigenvalue weighted by atomic mass is 10.1. The van der Waals surface area contributed by atoms with E-state index in [1.165, 1.54) is 39.8 Å². The fourth-order valence-electron chi connectivity index (χ4n) is 2.77. The minimum Gasteiger partial charge on any atom is -0.464 e. The standard InChI is InChI=1S/C18H20N2O7S4/c1-9(21)16-19-14-11(28-16)6-5-7-12(14)29-30-13-8-20(17(13)22)15(18(23)26-3)10(2)27-31(4,24)25/h5-7,9,13,21H,8H2,1-4H3/t9-,13+/m1/s1. The van der Waals surface area contributed by atoms with Crippen LogP contribution in [0.15, 0.2) is 34.6 Å². The number of β-lactam (4-membered cyclic amide) rings is 1. The van der Waals surface area contributed by atoms with E-state index in [2.05, 4.69) is 9.72 Å². The molecule has 0 spiro atoms. The number of fused-ring (bicyclic) bond motifs is 1. The molecule has 1 aromatic heterocycles. The Labute approximate surface area is 191 Å². The highest BCUT2D eigenvalue weighted by molar-refractivity contribution is 8.77. The number of allylic oxidation sites excluding steroid dienone is 1. The van der Waals surface area contributed by atoms with Crippen LogP contribution in [0.5, 0.6) is 0 Å². The van der Waals surface area contributed by atoms with Gasteiger partial charge in [-0.2, -0.15) is 8.42 Å². The molecule has 0 radical (unpaired) electrons. The van der Waals surface area contributed by atoms with Gasteiger partial charge in [-0.25, -0.2) is 9.78 Å². The lowest BCUT2D eigenvalue weighted by Crippen LogP contribution is -2.55. The first kappa shape index (κ1) is 23.9. The molecular weight excluding hydrogens is 484 g/mol. The van der Waals surface area contributed by atoms with E-state index < -0.39 is 27.4 Å². The fraction of sp³-hybridized carbons (Fsp3) is 0.389. The number of benzene rings is 1. The number of para-hydroxylation sites is 1. The Balaban J connectivity index is 1.73. The van der Waals surface area contributed by atoms with Gasteiger partial charge < -0.3 is 18.9 Å². The molecule has 1 amide bonds. The van der Waals surface area contributed by atoms with Gasteiger partial charge >= 0.3 is 16.1 Å². The third kappa shape index (κ3) is 5.34. The van der Waals surface area contributed by atoms with Crippen molar-refractivity contribution in [3.05, 3.63) is 34.7 Å². The number of amides is 1. The van der Waals surface area contributed by atoms with Gasteiger partial charge in [-0.15, -0.1) is 11.3 Å². The highest BCUT2D eigenvalue weighted by Gasteiger charge is 2.43. The van der Waals surface area contributed by atoms with Crippen LogP contribution < -0.4 is 0 Å². The summed E-state index contributed by atoms with van der Waals surface area (Å²) in [5, 5.41) is 9.95. The molecule has 2 heterocycles. The topological polar surface area (TPSA) is 123 Å². The van der Waals surface area contributed by atoms with E-state index in [1.54, 1.807) is 6.92 Å². The van der Waals surface area contributed by atoms with E-state index in [-0.39, 0.29) is 23.9 Å². The van der Waals surface area contributed by atoms with Gasteiger partial charge in [0.15, 0.2) is 5.70 Å². The van der Waals surface area contributed by atoms with Gasteiger partial charge in [0, 0.05) is 11.4 Å². The van der Waals surface area contributed by atoms with Crippen molar-refractivity contribution in [2.45, 2.75) is 30.1 Å². The van der Waals surface area contributed by atoms with Crippen molar-refractivity contribution in [3.63, 3.8) is 0 Å². The molecule has 31 heavy (non-hydrogen) atoms. The first-order valence-electron chi connectivity index (χ1n) is 8.92. The van der Waals surface area contributed by atoms with E-state index in [0.29, 0.717) is 5.01 Å². The highest BCUT2D eigenvalue weighted by Crippen LogP contribution is 2.43. The van der Waals surface area contributed by atoms with Crippen LogP contribution in [0.2, 0.25) is 0 Å². The number of esters is 1. The average Bonchev–Trinajstić information content (AvgIpc) is 3.13. The number of carbonyl (C=O) groups excluding carboxylic acids is 2. The summed E-state index contributed by atoms with van der Waals surface area (Å²) in [5.41, 5.74) is 0.528. The molecule has 1 N–H and O–H groups in total. The van der Waals surface area contributed by atoms with E-state index in [4.69, 9.17) is 4.18 Å². The summed E-state index contributed by atoms with van der Waals surface area (Å²) in [7, 11) is -0.0321. The molecule has 2 aromatic rings. The van der Waals surface area contributed by atoms with Gasteiger partial charge in [-0.1, -0.05) is 27.7 Å². The Morgan fingerprint density at radius 2 is 2.13 bits per heavy atom. The number of ether oxygens (including phenoxy) is 1. The van der Waals surface area contributed by atoms with Crippen LogP contribution in [-0.2, 0) is 28.6 Å². The third-order valence-corrected chi connectivity index (χ3v) is 8.61. The minimum absolute atomic E-state index is 0.192. The zero-order chi connectivity index (χ0) is 22.9. The van der Waals surface area contributed by atoms with Crippen LogP contribution in [0, 0.1) is 0 Å². The molecule has 2 atom stereocenters. The summed E-state index contributed by atoms with van der Waals surface area (Å²) in [4.78, 5) is 31.3. The summed E-state index contributed by atoms with van der Waals surface area (Å²) in [6.45, 7) is 3.14. The molecule has 1 saturated heterocycles. The number of aliphatic hydroxyl groups is 1. The Kier molecular flexibility index (Phi) is 7.21. The quantitative estimate of drug-likeness (QED) is 0.143. The second kappa shape index (κ2) is 9.36. The molecule has 0 aliphatic carbocycles. The van der Waals surface area contributed by atoms with Crippen molar-refractivity contribution in [1.29, 1.82) is 0 Å². The molecule has 13 heteroatoms. The first-order valence-corrected chi connectivity index (χ1v) is 13.8. The summed E-state index contributed by atoms with van der Waals surface area (Å²) in [6.07, 6.45) is 0.186. The molecule has 1 aromatic carbocycles. The molecule has 1 aliphatic rings. The Morgan fingerprint density at radius 3 is 2.71 bits per heavy atom. The monoisotopic (exact) mass is 504 g/mol. The molecule has 3 rings (SSSR count). The van der Waals surface area contributed by atoms with E-state index in [1.807, 2.05) is 18.2 Å². The van der Waals surface area contributed by atoms with E-state index in [0.717, 1.165) is 33.4 Å². The lowest BCUT2D eigenvalue weighted by molar-refractivity contribution is -0.146. The van der Waals surface area contributed by atoms with Crippen molar-refractivity contribution in [2.24, 2.45) is 0 Å². The van der Waals surface area contributed by atoms with Crippen LogP contribution in [0.25, 0.3) is 10.2 Å². The molecule has 1 aliphatic heterocycles. The number of hydrogen-bond donors (Lipinski definition) is 1. The van der Waals surface area contributed by atoms with Crippen LogP contribution in [0.1, 0.15) is 25.0 Å². The summed E-state index contributed by atoms with van der Waals surface area (Å²) in [5.74, 6) is -1.44. The first-order chi connectivity index (χ1) is 14.5. The predicted octanol–water partition coefficient (Wildman–Crippen LogP) is 2.68. The van der Waals surface area contributed by atoms with E-state index >= 15 is 0 Å². The van der Waals surface area contributed by atoms with Gasteiger partial charge in [0.25, 0.3) is 0 Å². The molecule has 0 saturated carbocycles. The Bertz CT molecular complexity index is 1160. The van der Waals surface area contributed by atoms with Gasteiger partial charge in [-0.05, 0) is 26.0 Å². The number of thiazole rings is 1. The molecular formula is C18H20N2O7S4. The zero-order valence-corrected chi connectivity index (χ0v) is 20.3. The SMILES string of the molecule is COC(=O)C(=C(C)OS(C)(=O)=O)N1C[C@H](SSc2cccc3sc([C@@H](C)O)nc23)C1=O. The van der Waals surface area contributed by atoms with Crippen molar-refractivity contribution < 1.29 is 32.0 Å². The number of likely N-dealkylation sites (tertiary alicyclic amines) is 1. The molecule has 0 bridgehead atoms. The van der Waals surface area contributed by atoms with Gasteiger partial charge in [0.2, 0.25) is 5.91 Å². The van der Waals surface area contributed by atoms with Gasteiger partial charge in [0.05, 0.1) is 23.6 Å². The number of methoxy groups -OCH3 is 1. The Morgan fingerprint density at radius 1 is 1.42 bits per heavy atom. The Hall–Kier alpha value is -1.80. The number of hydrogen-bond acceptors (Lipinski definition) is 11. The number of aromatic nitrogens is 1. The van der Waals surface area contributed by atoms with Crippen LogP contribution in [-0.4, -0.2) is 60.4 Å². The number of aliphatic hydroxyl groups excluding tert-OH is 1. The van der Waals surface area contributed by atoms with E-state index in [9.17, 15) is 23.1 Å². The summed E-state index contributed by atoms with van der Waals surface area (Å²) < 4.78 is 33.2. The van der Waals surface area contributed by atoms with Crippen LogP contribution >= 0.6 is 32.9 Å². The van der Waals surface area contributed by atoms with Crippen molar-refractivity contribution in [3.8, 4) is 0 Å². The number of carbonyl (C=O) groups is 2. The lowest BCUT2D eigenvalue weighted by Gasteiger charge is -2.38. The zero-order valence-electron chi connectivity index (χ0n) is 17.0. The second-order valence-electron chi connectivity index (χ2n) is 6.63. The van der Waals surface area contributed by atoms with Crippen molar-refractivity contribution in [2.75, 3.05) is 19.9 Å². The molecule has 1 fully saturated rings. The van der Waals surface area contributed by atoms with Crippen molar-refractivity contribution >= 4 is 65.1 Å². The third-order valence-electron chi connectivity index (χ3n) is 4.16. The smallest absolute Gasteiger partial charge is 0.358 e. The summed E-state index contributed by atoms with van der Waals surface area (Å²) in [6, 6.07) is 5.69. The molecule has 9 nitrogen and oxygen atoms in total. The maximum absolute atomic E-state index is 12.7. The largest absolute Gasteiger partial charge is 0.464 e. The minimum atomic E-state index is -3.87. The maximum atomic E-state index is 12.7.